The van der Waals surface area contributed by atoms with Gasteiger partial charge < -0.3 is 14.7 Å². The van der Waals surface area contributed by atoms with Crippen LogP contribution in [0.4, 0.5) is 0 Å². The number of hydrogen-bond donors (Lipinski definition) is 1. The van der Waals surface area contributed by atoms with Crippen LogP contribution in [0.2, 0.25) is 0 Å². The lowest BCUT2D eigenvalue weighted by molar-refractivity contribution is -0.155. The summed E-state index contributed by atoms with van der Waals surface area (Å²) in [5.41, 5.74) is 0.372. The van der Waals surface area contributed by atoms with Crippen molar-refractivity contribution in [2.75, 3.05) is 13.2 Å². The summed E-state index contributed by atoms with van der Waals surface area (Å²) in [6.07, 6.45) is 1.13. The first kappa shape index (κ1) is 15.0. The SMILES string of the molecule is CCOC(=O)C(=O)[C@@H]1CCCN1C(=O)c1ccc(O)cc1. The van der Waals surface area contributed by atoms with Gasteiger partial charge >= 0.3 is 5.97 Å². The van der Waals surface area contributed by atoms with Gasteiger partial charge in [0, 0.05) is 12.1 Å². The molecule has 1 amide bonds. The van der Waals surface area contributed by atoms with E-state index in [4.69, 9.17) is 4.74 Å². The molecule has 1 saturated heterocycles. The lowest BCUT2D eigenvalue weighted by atomic mass is 10.1. The number of aromatic hydroxyl groups is 1. The van der Waals surface area contributed by atoms with Gasteiger partial charge in [-0.1, -0.05) is 0 Å². The van der Waals surface area contributed by atoms with Crippen molar-refractivity contribution in [1.82, 2.24) is 4.90 Å². The fraction of sp³-hybridized carbons (Fsp3) is 0.400. The number of hydrogen-bond acceptors (Lipinski definition) is 5. The molecular weight excluding hydrogens is 274 g/mol. The van der Waals surface area contributed by atoms with Gasteiger partial charge in [0.1, 0.15) is 11.8 Å². The second kappa shape index (κ2) is 6.39. The number of phenolic OH excluding ortho intramolecular Hbond substituents is 1. The zero-order valence-electron chi connectivity index (χ0n) is 11.7. The minimum atomic E-state index is -0.895. The van der Waals surface area contributed by atoms with Crippen LogP contribution in [0.5, 0.6) is 5.75 Å². The van der Waals surface area contributed by atoms with Gasteiger partial charge in [0.05, 0.1) is 6.61 Å². The quantitative estimate of drug-likeness (QED) is 0.664. The van der Waals surface area contributed by atoms with Crippen LogP contribution < -0.4 is 0 Å². The van der Waals surface area contributed by atoms with Crippen molar-refractivity contribution in [2.45, 2.75) is 25.8 Å². The standard InChI is InChI=1S/C15H17NO5/c1-2-21-15(20)13(18)12-4-3-9-16(12)14(19)10-5-7-11(17)8-6-10/h5-8,12,17H,2-4,9H2,1H3/t12-/m0/s1. The van der Waals surface area contributed by atoms with Crippen molar-refractivity contribution in [3.8, 4) is 5.75 Å². The lowest BCUT2D eigenvalue weighted by Crippen LogP contribution is -2.43. The average Bonchev–Trinajstić information content (AvgIpc) is 2.96. The number of ether oxygens (including phenoxy) is 1. The maximum absolute atomic E-state index is 12.4. The summed E-state index contributed by atoms with van der Waals surface area (Å²) in [5, 5.41) is 9.24. The molecule has 0 radical (unpaired) electrons. The Balaban J connectivity index is 2.14. The van der Waals surface area contributed by atoms with Crippen LogP contribution in [-0.2, 0) is 14.3 Å². The lowest BCUT2D eigenvalue weighted by Gasteiger charge is -2.23. The Morgan fingerprint density at radius 3 is 2.57 bits per heavy atom. The number of likely N-dealkylation sites (tertiary alicyclic amines) is 1. The molecule has 1 aliphatic heterocycles. The van der Waals surface area contributed by atoms with Gasteiger partial charge in [0.25, 0.3) is 11.7 Å². The van der Waals surface area contributed by atoms with Crippen LogP contribution in [0.1, 0.15) is 30.1 Å². The van der Waals surface area contributed by atoms with Crippen molar-refractivity contribution >= 4 is 17.7 Å². The smallest absolute Gasteiger partial charge is 0.376 e. The number of esters is 1. The van der Waals surface area contributed by atoms with E-state index in [9.17, 15) is 19.5 Å². The Hall–Kier alpha value is -2.37. The summed E-state index contributed by atoms with van der Waals surface area (Å²) in [6.45, 7) is 2.18. The monoisotopic (exact) mass is 291 g/mol. The molecule has 0 unspecified atom stereocenters. The van der Waals surface area contributed by atoms with E-state index in [1.54, 1.807) is 6.92 Å². The summed E-state index contributed by atoms with van der Waals surface area (Å²) >= 11 is 0. The molecule has 0 bridgehead atoms. The number of ketones is 1. The van der Waals surface area contributed by atoms with Gasteiger partial charge in [-0.05, 0) is 44.0 Å². The molecule has 1 N–H and O–H groups in total. The maximum atomic E-state index is 12.4. The Bertz CT molecular complexity index is 552. The van der Waals surface area contributed by atoms with E-state index in [1.807, 2.05) is 0 Å². The number of carbonyl (C=O) groups excluding carboxylic acids is 3. The molecular formula is C15H17NO5. The van der Waals surface area contributed by atoms with Gasteiger partial charge in [-0.2, -0.15) is 0 Å². The minimum absolute atomic E-state index is 0.0621. The summed E-state index contributed by atoms with van der Waals surface area (Å²) in [5.74, 6) is -1.84. The van der Waals surface area contributed by atoms with Crippen LogP contribution in [0, 0.1) is 0 Å². The molecule has 6 nitrogen and oxygen atoms in total. The fourth-order valence-corrected chi connectivity index (χ4v) is 2.39. The second-order valence-electron chi connectivity index (χ2n) is 4.79. The van der Waals surface area contributed by atoms with Crippen LogP contribution in [0.3, 0.4) is 0 Å². The summed E-state index contributed by atoms with van der Waals surface area (Å²) in [4.78, 5) is 37.4. The summed E-state index contributed by atoms with van der Waals surface area (Å²) < 4.78 is 4.71. The average molecular weight is 291 g/mol. The predicted molar refractivity (Wildman–Crippen MR) is 73.8 cm³/mol. The van der Waals surface area contributed by atoms with Crippen LogP contribution in [0.15, 0.2) is 24.3 Å². The van der Waals surface area contributed by atoms with E-state index < -0.39 is 17.8 Å². The number of Topliss-reactive ketones (excluding diaryl/α,β-unsaturated/α-hetero) is 1. The highest BCUT2D eigenvalue weighted by Crippen LogP contribution is 2.22. The van der Waals surface area contributed by atoms with E-state index in [1.165, 1.54) is 29.2 Å². The summed E-state index contributed by atoms with van der Waals surface area (Å²) in [6, 6.07) is 5.03. The first-order valence-corrected chi connectivity index (χ1v) is 6.85. The number of rotatable bonds is 4. The Morgan fingerprint density at radius 2 is 1.95 bits per heavy atom. The third kappa shape index (κ3) is 3.21. The van der Waals surface area contributed by atoms with Gasteiger partial charge in [-0.15, -0.1) is 0 Å². The van der Waals surface area contributed by atoms with Crippen LogP contribution in [0.25, 0.3) is 0 Å². The molecule has 1 fully saturated rings. The van der Waals surface area contributed by atoms with Crippen molar-refractivity contribution in [1.29, 1.82) is 0 Å². The van der Waals surface area contributed by atoms with Crippen molar-refractivity contribution in [3.63, 3.8) is 0 Å². The fourth-order valence-electron chi connectivity index (χ4n) is 2.39. The van der Waals surface area contributed by atoms with Crippen LogP contribution >= 0.6 is 0 Å². The number of amides is 1. The number of carbonyl (C=O) groups is 3. The molecule has 0 saturated carbocycles. The Labute approximate surface area is 122 Å². The Morgan fingerprint density at radius 1 is 1.29 bits per heavy atom. The molecule has 0 spiro atoms. The first-order valence-electron chi connectivity index (χ1n) is 6.85. The molecule has 1 aliphatic rings. The van der Waals surface area contributed by atoms with E-state index in [2.05, 4.69) is 0 Å². The van der Waals surface area contributed by atoms with Crippen LogP contribution in [-0.4, -0.2) is 46.9 Å². The maximum Gasteiger partial charge on any atom is 0.376 e. The number of phenols is 1. The van der Waals surface area contributed by atoms with Gasteiger partial charge in [-0.3, -0.25) is 9.59 Å². The largest absolute Gasteiger partial charge is 0.508 e. The highest BCUT2D eigenvalue weighted by molar-refractivity contribution is 6.36. The zero-order chi connectivity index (χ0) is 15.4. The van der Waals surface area contributed by atoms with Gasteiger partial charge in [0.2, 0.25) is 0 Å². The molecule has 2 rings (SSSR count). The molecule has 0 aliphatic carbocycles. The van der Waals surface area contributed by atoms with Gasteiger partial charge in [-0.25, -0.2) is 4.79 Å². The number of nitrogens with zero attached hydrogens (tertiary/aromatic N) is 1. The summed E-state index contributed by atoms with van der Waals surface area (Å²) in [7, 11) is 0. The minimum Gasteiger partial charge on any atom is -0.508 e. The van der Waals surface area contributed by atoms with Crippen molar-refractivity contribution in [2.24, 2.45) is 0 Å². The molecule has 1 aromatic rings. The molecule has 6 heteroatoms. The highest BCUT2D eigenvalue weighted by Gasteiger charge is 2.38. The third-order valence-electron chi connectivity index (χ3n) is 3.41. The van der Waals surface area contributed by atoms with E-state index in [0.717, 1.165) is 0 Å². The first-order chi connectivity index (χ1) is 10.0. The van der Waals surface area contributed by atoms with Gasteiger partial charge in [0.15, 0.2) is 0 Å². The molecule has 0 aromatic heterocycles. The van der Waals surface area contributed by atoms with Crippen molar-refractivity contribution < 1.29 is 24.2 Å². The third-order valence-corrected chi connectivity index (χ3v) is 3.41. The molecule has 1 atom stereocenters. The normalized spacial score (nSPS) is 17.6. The molecule has 112 valence electrons. The number of benzene rings is 1. The van der Waals surface area contributed by atoms with E-state index >= 15 is 0 Å². The van der Waals surface area contributed by atoms with E-state index in [-0.39, 0.29) is 18.3 Å². The Kier molecular flexibility index (Phi) is 4.57. The topological polar surface area (TPSA) is 83.9 Å². The predicted octanol–water partition coefficient (Wildman–Crippen LogP) is 1.13. The van der Waals surface area contributed by atoms with E-state index in [0.29, 0.717) is 24.9 Å². The molecule has 1 aromatic carbocycles. The molecule has 1 heterocycles. The molecule has 21 heavy (non-hydrogen) atoms. The second-order valence-corrected chi connectivity index (χ2v) is 4.79. The highest BCUT2D eigenvalue weighted by atomic mass is 16.5. The zero-order valence-corrected chi connectivity index (χ0v) is 11.7. The van der Waals surface area contributed by atoms with Crippen molar-refractivity contribution in [3.05, 3.63) is 29.8 Å².